The number of rotatable bonds is 11. The van der Waals surface area contributed by atoms with Crippen molar-refractivity contribution in [3.05, 3.63) is 315 Å². The van der Waals surface area contributed by atoms with Gasteiger partial charge in [-0.3, -0.25) is 4.57 Å². The van der Waals surface area contributed by atoms with Gasteiger partial charge in [-0.05, 0) is 90.5 Å². The Morgan fingerprint density at radius 2 is 0.556 bits per heavy atom. The van der Waals surface area contributed by atoms with E-state index in [0.717, 1.165) is 61.0 Å². The third-order valence-electron chi connectivity index (χ3n) is 16.3. The third kappa shape index (κ3) is 8.21. The van der Waals surface area contributed by atoms with E-state index in [4.69, 9.17) is 9.97 Å². The standard InChI is InChI=1S/C76H52N4Si/c1-4-24-53(25-5-1)56-30-20-34-60(48-56)81(61-35-21-31-57(49-61)54-26-6-2-7-27-54,62-36-22-32-58(50-62)55-28-8-3-9-29-55)63-37-23-33-59(51-63)69-52-70(78-76(77-69)80-73-45-17-12-40-66(73)67-41-13-18-46-74(67)80)68-42-14-19-47-75(68)79-71-43-15-10-38-64(71)65-39-11-16-44-72(65)79/h1-52H. The van der Waals surface area contributed by atoms with Gasteiger partial charge in [-0.1, -0.05) is 279 Å². The SMILES string of the molecule is c1ccc(-c2cccc([Si](c3cccc(-c4ccccc4)c3)(c3cccc(-c4ccccc4)c3)c3cccc(-c4cc(-c5ccccc5-n5c6ccccc6c6ccccc65)nc(-n5c6ccccc6c6ccccc65)n4)c3)c2)cc1. The molecule has 15 rings (SSSR count). The zero-order valence-corrected chi connectivity index (χ0v) is 45.3. The number of benzene rings is 12. The van der Waals surface area contributed by atoms with Crippen molar-refractivity contribution in [1.29, 1.82) is 0 Å². The Kier molecular flexibility index (Phi) is 11.8. The summed E-state index contributed by atoms with van der Waals surface area (Å²) in [5.41, 5.74) is 16.2. The molecule has 15 aromatic rings. The molecule has 0 saturated heterocycles. The van der Waals surface area contributed by atoms with Gasteiger partial charge in [0, 0.05) is 32.7 Å². The number of aromatic nitrogens is 4. The number of fused-ring (bicyclic) bond motifs is 6. The van der Waals surface area contributed by atoms with Gasteiger partial charge in [0.1, 0.15) is 0 Å². The van der Waals surface area contributed by atoms with E-state index in [1.165, 1.54) is 64.9 Å². The van der Waals surface area contributed by atoms with Crippen molar-refractivity contribution in [2.45, 2.75) is 0 Å². The molecule has 0 saturated carbocycles. The van der Waals surface area contributed by atoms with Crippen molar-refractivity contribution < 1.29 is 0 Å². The quantitative estimate of drug-likeness (QED) is 0.0956. The molecule has 0 fully saturated rings. The van der Waals surface area contributed by atoms with E-state index < -0.39 is 8.07 Å². The van der Waals surface area contributed by atoms with Gasteiger partial charge in [0.15, 0.2) is 8.07 Å². The Morgan fingerprint density at radius 3 is 0.988 bits per heavy atom. The molecule has 0 aliphatic rings. The van der Waals surface area contributed by atoms with Gasteiger partial charge in [-0.2, -0.15) is 0 Å². The van der Waals surface area contributed by atoms with Crippen LogP contribution in [0.4, 0.5) is 0 Å². The first-order valence-corrected chi connectivity index (χ1v) is 29.7. The molecule has 4 nitrogen and oxygen atoms in total. The molecule has 3 heterocycles. The van der Waals surface area contributed by atoms with Crippen LogP contribution < -0.4 is 20.7 Å². The molecule has 3 aromatic heterocycles. The summed E-state index contributed by atoms with van der Waals surface area (Å²) in [6.45, 7) is 0. The summed E-state index contributed by atoms with van der Waals surface area (Å²) in [7, 11) is -3.32. The van der Waals surface area contributed by atoms with Crippen LogP contribution in [0.3, 0.4) is 0 Å². The van der Waals surface area contributed by atoms with E-state index in [2.05, 4.69) is 325 Å². The zero-order chi connectivity index (χ0) is 53.7. The van der Waals surface area contributed by atoms with Crippen molar-refractivity contribution in [2.24, 2.45) is 0 Å². The Hall–Kier alpha value is -10.5. The lowest BCUT2D eigenvalue weighted by Gasteiger charge is -2.35. The van der Waals surface area contributed by atoms with E-state index in [9.17, 15) is 0 Å². The summed E-state index contributed by atoms with van der Waals surface area (Å²) >= 11 is 0. The molecule has 5 heteroatoms. The maximum atomic E-state index is 5.73. The van der Waals surface area contributed by atoms with Crippen LogP contribution in [0, 0.1) is 0 Å². The fourth-order valence-electron chi connectivity index (χ4n) is 12.6. The lowest BCUT2D eigenvalue weighted by Crippen LogP contribution is -2.74. The summed E-state index contributed by atoms with van der Waals surface area (Å²) < 4.78 is 4.65. The smallest absolute Gasteiger partial charge is 0.235 e. The van der Waals surface area contributed by atoms with Gasteiger partial charge < -0.3 is 4.57 Å². The monoisotopic (exact) mass is 1050 g/mol. The van der Waals surface area contributed by atoms with Crippen LogP contribution in [-0.4, -0.2) is 27.2 Å². The second-order valence-electron chi connectivity index (χ2n) is 20.9. The number of hydrogen-bond acceptors (Lipinski definition) is 2. The van der Waals surface area contributed by atoms with E-state index in [-0.39, 0.29) is 0 Å². The van der Waals surface area contributed by atoms with Gasteiger partial charge in [0.05, 0.1) is 39.1 Å². The molecule has 0 spiro atoms. The third-order valence-corrected chi connectivity index (χ3v) is 21.0. The molecular weight excluding hydrogens is 997 g/mol. The van der Waals surface area contributed by atoms with Crippen LogP contribution in [0.5, 0.6) is 0 Å². The average Bonchev–Trinajstić information content (AvgIpc) is 4.16. The number of para-hydroxylation sites is 5. The highest BCUT2D eigenvalue weighted by molar-refractivity contribution is 7.20. The van der Waals surface area contributed by atoms with Crippen LogP contribution >= 0.6 is 0 Å². The highest BCUT2D eigenvalue weighted by Crippen LogP contribution is 2.38. The lowest BCUT2D eigenvalue weighted by atomic mass is 10.1. The highest BCUT2D eigenvalue weighted by Gasteiger charge is 2.42. The van der Waals surface area contributed by atoms with Gasteiger partial charge in [0.2, 0.25) is 5.95 Å². The molecule has 0 atom stereocenters. The van der Waals surface area contributed by atoms with E-state index in [1.54, 1.807) is 0 Å². The molecular formula is C76H52N4Si. The topological polar surface area (TPSA) is 35.6 Å². The Bertz CT molecular complexity index is 4520. The minimum atomic E-state index is -3.32. The van der Waals surface area contributed by atoms with Crippen LogP contribution in [0.25, 0.3) is 111 Å². The summed E-state index contributed by atoms with van der Waals surface area (Å²) in [6.07, 6.45) is 0. The molecule has 0 unspecified atom stereocenters. The van der Waals surface area contributed by atoms with Gasteiger partial charge in [-0.15, -0.1) is 0 Å². The Balaban J connectivity index is 1.02. The Morgan fingerprint density at radius 1 is 0.235 bits per heavy atom. The summed E-state index contributed by atoms with van der Waals surface area (Å²) in [4.78, 5) is 11.4. The second-order valence-corrected chi connectivity index (χ2v) is 24.7. The van der Waals surface area contributed by atoms with Crippen molar-refractivity contribution >= 4 is 72.4 Å². The van der Waals surface area contributed by atoms with Crippen LogP contribution in [0.2, 0.25) is 0 Å². The van der Waals surface area contributed by atoms with Gasteiger partial charge in [-0.25, -0.2) is 9.97 Å². The first kappa shape index (κ1) is 47.7. The number of hydrogen-bond donors (Lipinski definition) is 0. The van der Waals surface area contributed by atoms with Gasteiger partial charge >= 0.3 is 0 Å². The predicted octanol–water partition coefficient (Wildman–Crippen LogP) is 16.4. The first-order valence-electron chi connectivity index (χ1n) is 27.7. The van der Waals surface area contributed by atoms with E-state index >= 15 is 0 Å². The largest absolute Gasteiger partial charge is 0.309 e. The average molecular weight is 1050 g/mol. The molecule has 0 bridgehead atoms. The van der Waals surface area contributed by atoms with Crippen LogP contribution in [0.15, 0.2) is 315 Å². The van der Waals surface area contributed by atoms with E-state index in [0.29, 0.717) is 5.95 Å². The van der Waals surface area contributed by atoms with Crippen molar-refractivity contribution in [3.63, 3.8) is 0 Å². The maximum Gasteiger partial charge on any atom is 0.235 e. The molecule has 81 heavy (non-hydrogen) atoms. The normalized spacial score (nSPS) is 11.7. The first-order chi connectivity index (χ1) is 40.2. The minimum Gasteiger partial charge on any atom is -0.309 e. The predicted molar refractivity (Wildman–Crippen MR) is 342 cm³/mol. The molecule has 0 aliphatic heterocycles. The molecule has 0 N–H and O–H groups in total. The molecule has 0 aliphatic carbocycles. The van der Waals surface area contributed by atoms with Gasteiger partial charge in [0.25, 0.3) is 0 Å². The highest BCUT2D eigenvalue weighted by atomic mass is 28.3. The summed E-state index contributed by atoms with van der Waals surface area (Å²) in [5.74, 6) is 0.604. The summed E-state index contributed by atoms with van der Waals surface area (Å²) in [5, 5.41) is 9.81. The molecule has 380 valence electrons. The molecule has 0 radical (unpaired) electrons. The van der Waals surface area contributed by atoms with Crippen LogP contribution in [0.1, 0.15) is 0 Å². The Labute approximate surface area is 471 Å². The van der Waals surface area contributed by atoms with Crippen molar-refractivity contribution in [1.82, 2.24) is 19.1 Å². The lowest BCUT2D eigenvalue weighted by molar-refractivity contribution is 0.994. The second kappa shape index (κ2) is 20.1. The molecule has 0 amide bonds. The van der Waals surface area contributed by atoms with Crippen molar-refractivity contribution in [3.8, 4) is 67.5 Å². The van der Waals surface area contributed by atoms with Crippen LogP contribution in [-0.2, 0) is 0 Å². The number of nitrogens with zero attached hydrogens (tertiary/aromatic N) is 4. The fourth-order valence-corrected chi connectivity index (χ4v) is 17.5. The maximum absolute atomic E-state index is 5.73. The summed E-state index contributed by atoms with van der Waals surface area (Å²) in [6, 6.07) is 115. The minimum absolute atomic E-state index is 0.604. The van der Waals surface area contributed by atoms with E-state index in [1.807, 2.05) is 0 Å². The zero-order valence-electron chi connectivity index (χ0n) is 44.3. The molecule has 12 aromatic carbocycles. The fraction of sp³-hybridized carbons (Fsp3) is 0. The van der Waals surface area contributed by atoms with Crippen molar-refractivity contribution in [2.75, 3.05) is 0 Å².